The molecular formula is C12H8ClN2NaO6S. The maximum absolute atomic E-state index is 12.3. The van der Waals surface area contributed by atoms with Crippen LogP contribution in [-0.4, -0.2) is 13.3 Å². The van der Waals surface area contributed by atoms with E-state index in [0.29, 0.717) is 0 Å². The maximum Gasteiger partial charge on any atom is 1.00 e. The molecule has 0 aromatic heterocycles. The Morgan fingerprint density at radius 3 is 2.04 bits per heavy atom. The number of halogens is 1. The summed E-state index contributed by atoms with van der Waals surface area (Å²) in [6.45, 7) is 0. The van der Waals surface area contributed by atoms with Gasteiger partial charge in [0.1, 0.15) is 5.02 Å². The topological polar surface area (TPSA) is 130 Å². The van der Waals surface area contributed by atoms with Crippen LogP contribution in [0.4, 0.5) is 5.69 Å². The Hall–Kier alpha value is -1.52. The van der Waals surface area contributed by atoms with Crippen molar-refractivity contribution >= 4 is 27.1 Å². The summed E-state index contributed by atoms with van der Waals surface area (Å²) >= 11 is 5.65. The molecule has 0 N–H and O–H groups in total. The Labute approximate surface area is 158 Å². The average molecular weight is 367 g/mol. The van der Waals surface area contributed by atoms with E-state index in [-0.39, 0.29) is 44.4 Å². The van der Waals surface area contributed by atoms with Crippen molar-refractivity contribution in [1.82, 2.24) is 0 Å². The molecule has 116 valence electrons. The van der Waals surface area contributed by atoms with Crippen LogP contribution in [0.15, 0.2) is 63.7 Å². The zero-order chi connectivity index (χ0) is 16.8. The van der Waals surface area contributed by atoms with Gasteiger partial charge < -0.3 is 10.1 Å². The SMILES string of the molecule is O=N[O-].O=[N+]([O-])c1cc(S(=O)(=O)c2ccccc2)ccc1Cl.[Na+]. The smallest absolute Gasteiger partial charge is 0.444 e. The van der Waals surface area contributed by atoms with Crippen molar-refractivity contribution < 1.29 is 42.9 Å². The minimum absolute atomic E-state index is 0. The number of nitrogens with zero attached hydrogens (tertiary/aromatic N) is 2. The van der Waals surface area contributed by atoms with Crippen LogP contribution >= 0.6 is 11.6 Å². The molecule has 11 heteroatoms. The fourth-order valence-electron chi connectivity index (χ4n) is 1.54. The van der Waals surface area contributed by atoms with Gasteiger partial charge in [-0.3, -0.25) is 10.1 Å². The molecular weight excluding hydrogens is 359 g/mol. The molecule has 0 heterocycles. The number of hydrogen-bond acceptors (Lipinski definition) is 7. The predicted octanol–water partition coefficient (Wildman–Crippen LogP) is 0.336. The summed E-state index contributed by atoms with van der Waals surface area (Å²) in [7, 11) is -3.77. The molecule has 23 heavy (non-hydrogen) atoms. The fraction of sp³-hybridized carbons (Fsp3) is 0. The van der Waals surface area contributed by atoms with Gasteiger partial charge in [-0.1, -0.05) is 29.8 Å². The molecule has 0 atom stereocenters. The Balaban J connectivity index is 0.00000112. The van der Waals surface area contributed by atoms with Gasteiger partial charge in [0, 0.05) is 6.07 Å². The van der Waals surface area contributed by atoms with E-state index in [0.717, 1.165) is 11.4 Å². The normalized spacial score (nSPS) is 9.78. The van der Waals surface area contributed by atoms with Crippen LogP contribution in [0.2, 0.25) is 5.02 Å². The van der Waals surface area contributed by atoms with Gasteiger partial charge in [-0.25, -0.2) is 8.42 Å². The minimum Gasteiger partial charge on any atom is -0.444 e. The molecule has 0 saturated carbocycles. The largest absolute Gasteiger partial charge is 1.00 e. The summed E-state index contributed by atoms with van der Waals surface area (Å²) in [6, 6.07) is 11.1. The fourth-order valence-corrected chi connectivity index (χ4v) is 3.02. The first-order chi connectivity index (χ1) is 10.3. The summed E-state index contributed by atoms with van der Waals surface area (Å²) in [5, 5.41) is 19.7. The van der Waals surface area contributed by atoms with Crippen molar-refractivity contribution in [2.24, 2.45) is 5.34 Å². The first-order valence-electron chi connectivity index (χ1n) is 5.53. The zero-order valence-electron chi connectivity index (χ0n) is 11.7. The molecule has 0 aliphatic heterocycles. The van der Waals surface area contributed by atoms with Gasteiger partial charge in [-0.05, 0) is 24.3 Å². The van der Waals surface area contributed by atoms with E-state index in [2.05, 4.69) is 0 Å². The average Bonchev–Trinajstić information content (AvgIpc) is 2.49. The predicted molar refractivity (Wildman–Crippen MR) is 79.2 cm³/mol. The summed E-state index contributed by atoms with van der Waals surface area (Å²) in [5.41, 5.74) is -0.432. The molecule has 0 unspecified atom stereocenters. The van der Waals surface area contributed by atoms with Crippen LogP contribution < -0.4 is 29.6 Å². The molecule has 2 aromatic rings. The Bertz CT molecular complexity index is 785. The summed E-state index contributed by atoms with van der Waals surface area (Å²) in [6.07, 6.45) is 0. The molecule has 0 bridgehead atoms. The van der Waals surface area contributed by atoms with Crippen LogP contribution in [0.5, 0.6) is 0 Å². The van der Waals surface area contributed by atoms with E-state index in [1.54, 1.807) is 18.2 Å². The second-order valence-corrected chi connectivity index (χ2v) is 6.12. The number of nitro groups is 1. The van der Waals surface area contributed by atoms with Gasteiger partial charge in [0.05, 0.1) is 14.7 Å². The number of rotatable bonds is 3. The molecule has 0 radical (unpaired) electrons. The third-order valence-electron chi connectivity index (χ3n) is 2.48. The Morgan fingerprint density at radius 2 is 1.57 bits per heavy atom. The second-order valence-electron chi connectivity index (χ2n) is 3.76. The molecule has 0 amide bonds. The summed E-state index contributed by atoms with van der Waals surface area (Å²) < 4.78 is 24.5. The number of benzene rings is 2. The minimum atomic E-state index is -3.77. The molecule has 0 aliphatic rings. The molecule has 0 saturated heterocycles. The van der Waals surface area contributed by atoms with Crippen LogP contribution in [-0.2, 0) is 9.84 Å². The van der Waals surface area contributed by atoms with Gasteiger partial charge in [-0.15, -0.1) is 5.34 Å². The van der Waals surface area contributed by atoms with E-state index in [9.17, 15) is 18.5 Å². The van der Waals surface area contributed by atoms with Crippen LogP contribution in [0, 0.1) is 20.2 Å². The molecule has 0 aliphatic carbocycles. The number of nitro benzene ring substituents is 1. The van der Waals surface area contributed by atoms with Crippen molar-refractivity contribution in [2.45, 2.75) is 9.79 Å². The third kappa shape index (κ3) is 5.56. The van der Waals surface area contributed by atoms with Crippen LogP contribution in [0.25, 0.3) is 0 Å². The Morgan fingerprint density at radius 1 is 1.04 bits per heavy atom. The zero-order valence-corrected chi connectivity index (χ0v) is 15.3. The number of sulfone groups is 1. The van der Waals surface area contributed by atoms with Crippen molar-refractivity contribution in [3.63, 3.8) is 0 Å². The second kappa shape index (κ2) is 9.58. The van der Waals surface area contributed by atoms with Crippen molar-refractivity contribution in [2.75, 3.05) is 0 Å². The maximum atomic E-state index is 12.3. The quantitative estimate of drug-likeness (QED) is 0.333. The van der Waals surface area contributed by atoms with Crippen LogP contribution in [0.3, 0.4) is 0 Å². The van der Waals surface area contributed by atoms with Crippen LogP contribution in [0.1, 0.15) is 0 Å². The van der Waals surface area contributed by atoms with Gasteiger partial charge in [0.25, 0.3) is 5.69 Å². The van der Waals surface area contributed by atoms with Crippen molar-refractivity contribution in [3.05, 3.63) is 73.8 Å². The molecule has 2 aromatic carbocycles. The molecule has 8 nitrogen and oxygen atoms in total. The van der Waals surface area contributed by atoms with E-state index in [1.807, 2.05) is 0 Å². The first kappa shape index (κ1) is 21.5. The van der Waals surface area contributed by atoms with E-state index >= 15 is 0 Å². The molecule has 0 fully saturated rings. The van der Waals surface area contributed by atoms with E-state index in [1.165, 1.54) is 24.3 Å². The monoisotopic (exact) mass is 366 g/mol. The van der Waals surface area contributed by atoms with E-state index in [4.69, 9.17) is 21.7 Å². The van der Waals surface area contributed by atoms with Crippen molar-refractivity contribution in [3.8, 4) is 0 Å². The summed E-state index contributed by atoms with van der Waals surface area (Å²) in [5.74, 6) is 0. The van der Waals surface area contributed by atoms with Gasteiger partial charge in [0.15, 0.2) is 0 Å². The standard InChI is InChI=1S/C12H8ClNO4S.HNO2.Na/c13-11-7-6-10(8-12(11)14(15)16)19(17,18)9-4-2-1-3-5-9;2-1-3;/h1-8H;(H,2,3);/q;;+1/p-1. The van der Waals surface area contributed by atoms with Gasteiger partial charge >= 0.3 is 29.6 Å². The van der Waals surface area contributed by atoms with Crippen molar-refractivity contribution in [1.29, 1.82) is 0 Å². The number of hydrogen-bond donors (Lipinski definition) is 0. The van der Waals surface area contributed by atoms with Gasteiger partial charge in [-0.2, -0.15) is 0 Å². The first-order valence-corrected chi connectivity index (χ1v) is 7.39. The summed E-state index contributed by atoms with van der Waals surface area (Å²) in [4.78, 5) is 18.0. The molecule has 0 spiro atoms. The molecule has 2 rings (SSSR count). The van der Waals surface area contributed by atoms with Gasteiger partial charge in [0.2, 0.25) is 9.84 Å². The van der Waals surface area contributed by atoms with E-state index < -0.39 is 20.4 Å². The third-order valence-corrected chi connectivity index (χ3v) is 4.57. The Kier molecular flexibility index (Phi) is 8.95.